The molecule has 0 heterocycles. The van der Waals surface area contributed by atoms with E-state index in [1.165, 1.54) is 23.8 Å². The molecule has 132 valence electrons. The van der Waals surface area contributed by atoms with Crippen molar-refractivity contribution in [3.8, 4) is 0 Å². The van der Waals surface area contributed by atoms with Crippen LogP contribution in [0.1, 0.15) is 28.9 Å². The van der Waals surface area contributed by atoms with Crippen LogP contribution in [0.5, 0.6) is 0 Å². The minimum atomic E-state index is -0.392. The Labute approximate surface area is 160 Å². The number of carbonyl (C=O) groups is 1. The van der Waals surface area contributed by atoms with Gasteiger partial charge in [0.2, 0.25) is 0 Å². The molecule has 1 atom stereocenters. The molecule has 0 bridgehead atoms. The van der Waals surface area contributed by atoms with E-state index in [2.05, 4.69) is 45.6 Å². The Morgan fingerprint density at radius 1 is 0.962 bits per heavy atom. The fourth-order valence-electron chi connectivity index (χ4n) is 2.60. The Hall–Kier alpha value is -2.66. The van der Waals surface area contributed by atoms with E-state index in [1.807, 2.05) is 42.5 Å². The molecule has 0 aromatic heterocycles. The minimum Gasteiger partial charge on any atom is -0.379 e. The topological polar surface area (TPSA) is 41.1 Å². The summed E-state index contributed by atoms with van der Waals surface area (Å²) >= 11 is 3.21. The molecule has 0 saturated carbocycles. The summed E-state index contributed by atoms with van der Waals surface area (Å²) in [7, 11) is 0. The summed E-state index contributed by atoms with van der Waals surface area (Å²) in [5.74, 6) is -0.688. The van der Waals surface area contributed by atoms with Crippen LogP contribution in [0, 0.1) is 5.82 Å². The molecule has 0 aliphatic carbocycles. The van der Waals surface area contributed by atoms with Crippen molar-refractivity contribution in [1.29, 1.82) is 0 Å². The fourth-order valence-corrected chi connectivity index (χ4v) is 3.13. The number of anilines is 2. The van der Waals surface area contributed by atoms with Crippen molar-refractivity contribution < 1.29 is 9.18 Å². The minimum absolute atomic E-state index is 0.173. The largest absolute Gasteiger partial charge is 0.379 e. The van der Waals surface area contributed by atoms with Crippen LogP contribution < -0.4 is 10.6 Å². The molecule has 0 aliphatic heterocycles. The zero-order chi connectivity index (χ0) is 18.5. The van der Waals surface area contributed by atoms with Crippen LogP contribution in [0.15, 0.2) is 77.3 Å². The van der Waals surface area contributed by atoms with Gasteiger partial charge in [-0.2, -0.15) is 0 Å². The van der Waals surface area contributed by atoms with Gasteiger partial charge in [-0.1, -0.05) is 30.3 Å². The molecular weight excluding hydrogens is 395 g/mol. The van der Waals surface area contributed by atoms with E-state index in [0.717, 1.165) is 5.69 Å². The lowest BCUT2D eigenvalue weighted by Gasteiger charge is -2.16. The van der Waals surface area contributed by atoms with E-state index in [9.17, 15) is 9.18 Å². The molecule has 1 amide bonds. The Balaban J connectivity index is 1.65. The number of benzene rings is 3. The molecule has 0 radical (unpaired) electrons. The fraction of sp³-hybridized carbons (Fsp3) is 0.0952. The molecule has 3 rings (SSSR count). The average molecular weight is 413 g/mol. The lowest BCUT2D eigenvalue weighted by molar-refractivity contribution is 0.102. The Kier molecular flexibility index (Phi) is 5.68. The molecule has 3 aromatic rings. The number of hydrogen-bond acceptors (Lipinski definition) is 2. The Bertz CT molecular complexity index is 898. The lowest BCUT2D eigenvalue weighted by Crippen LogP contribution is -2.13. The molecule has 3 nitrogen and oxygen atoms in total. The summed E-state index contributed by atoms with van der Waals surface area (Å²) in [5.41, 5.74) is 3.21. The maximum Gasteiger partial charge on any atom is 0.256 e. The zero-order valence-corrected chi connectivity index (χ0v) is 15.8. The van der Waals surface area contributed by atoms with Gasteiger partial charge in [-0.05, 0) is 70.9 Å². The van der Waals surface area contributed by atoms with Crippen molar-refractivity contribution in [1.82, 2.24) is 0 Å². The molecule has 0 spiro atoms. The third-order valence-electron chi connectivity index (χ3n) is 4.00. The van der Waals surface area contributed by atoms with E-state index in [1.54, 1.807) is 0 Å². The average Bonchev–Trinajstić information content (AvgIpc) is 2.64. The molecule has 0 saturated heterocycles. The van der Waals surface area contributed by atoms with Gasteiger partial charge in [-0.3, -0.25) is 4.79 Å². The van der Waals surface area contributed by atoms with Crippen molar-refractivity contribution in [2.24, 2.45) is 0 Å². The van der Waals surface area contributed by atoms with Crippen molar-refractivity contribution in [3.63, 3.8) is 0 Å². The number of amides is 1. The van der Waals surface area contributed by atoms with Gasteiger partial charge in [-0.25, -0.2) is 4.39 Å². The smallest absolute Gasteiger partial charge is 0.256 e. The second-order valence-electron chi connectivity index (χ2n) is 5.93. The van der Waals surface area contributed by atoms with Crippen LogP contribution in [0.3, 0.4) is 0 Å². The van der Waals surface area contributed by atoms with E-state index in [-0.39, 0.29) is 11.9 Å². The van der Waals surface area contributed by atoms with Gasteiger partial charge < -0.3 is 10.6 Å². The number of halogens is 2. The first-order valence-corrected chi connectivity index (χ1v) is 9.00. The van der Waals surface area contributed by atoms with Gasteiger partial charge in [0.1, 0.15) is 5.82 Å². The van der Waals surface area contributed by atoms with E-state index in [0.29, 0.717) is 15.7 Å². The monoisotopic (exact) mass is 412 g/mol. The molecule has 2 N–H and O–H groups in total. The van der Waals surface area contributed by atoms with Crippen molar-refractivity contribution >= 4 is 33.2 Å². The predicted molar refractivity (Wildman–Crippen MR) is 107 cm³/mol. The number of nitrogens with one attached hydrogen (secondary N) is 2. The number of rotatable bonds is 5. The van der Waals surface area contributed by atoms with Gasteiger partial charge in [0, 0.05) is 21.9 Å². The maximum absolute atomic E-state index is 13.1. The van der Waals surface area contributed by atoms with E-state index in [4.69, 9.17) is 0 Å². The third-order valence-corrected chi connectivity index (χ3v) is 4.66. The van der Waals surface area contributed by atoms with Gasteiger partial charge in [0.15, 0.2) is 0 Å². The van der Waals surface area contributed by atoms with Gasteiger partial charge in [0.05, 0.1) is 5.56 Å². The van der Waals surface area contributed by atoms with Crippen LogP contribution in [0.25, 0.3) is 0 Å². The molecule has 1 unspecified atom stereocenters. The highest BCUT2D eigenvalue weighted by molar-refractivity contribution is 9.10. The summed E-state index contributed by atoms with van der Waals surface area (Å²) in [5, 5.41) is 6.24. The second kappa shape index (κ2) is 8.15. The lowest BCUT2D eigenvalue weighted by atomic mass is 10.1. The van der Waals surface area contributed by atoms with Crippen molar-refractivity contribution in [2.45, 2.75) is 13.0 Å². The quantitative estimate of drug-likeness (QED) is 0.538. The summed E-state index contributed by atoms with van der Waals surface area (Å²) in [4.78, 5) is 12.3. The van der Waals surface area contributed by atoms with Gasteiger partial charge >= 0.3 is 0 Å². The first-order chi connectivity index (χ1) is 12.5. The number of hydrogen-bond donors (Lipinski definition) is 2. The summed E-state index contributed by atoms with van der Waals surface area (Å²) < 4.78 is 13.6. The van der Waals surface area contributed by atoms with Crippen LogP contribution in [-0.2, 0) is 0 Å². The van der Waals surface area contributed by atoms with Crippen molar-refractivity contribution in [2.75, 3.05) is 10.6 Å². The van der Waals surface area contributed by atoms with E-state index >= 15 is 0 Å². The van der Waals surface area contributed by atoms with Crippen LogP contribution in [0.2, 0.25) is 0 Å². The summed E-state index contributed by atoms with van der Waals surface area (Å²) in [6.07, 6.45) is 0. The summed E-state index contributed by atoms with van der Waals surface area (Å²) in [6.45, 7) is 2.09. The van der Waals surface area contributed by atoms with Gasteiger partial charge in [-0.15, -0.1) is 0 Å². The molecule has 26 heavy (non-hydrogen) atoms. The van der Waals surface area contributed by atoms with E-state index < -0.39 is 5.82 Å². The Morgan fingerprint density at radius 2 is 1.62 bits per heavy atom. The SMILES string of the molecule is CC(Nc1ccc(NC(=O)c2ccc(F)cc2Br)cc1)c1ccccc1. The highest BCUT2D eigenvalue weighted by Gasteiger charge is 2.11. The predicted octanol–water partition coefficient (Wildman–Crippen LogP) is 6.01. The number of carbonyl (C=O) groups excluding carboxylic acids is 1. The highest BCUT2D eigenvalue weighted by atomic mass is 79.9. The summed E-state index contributed by atoms with van der Waals surface area (Å²) in [6, 6.07) is 21.8. The third kappa shape index (κ3) is 4.49. The molecule has 3 aromatic carbocycles. The molecule has 0 aliphatic rings. The first kappa shape index (κ1) is 18.1. The standard InChI is InChI=1S/C21H18BrFN2O/c1-14(15-5-3-2-4-6-15)24-17-8-10-18(11-9-17)25-21(26)19-12-7-16(23)13-20(19)22/h2-14,24H,1H3,(H,25,26). The van der Waals surface area contributed by atoms with Crippen LogP contribution in [0.4, 0.5) is 15.8 Å². The highest BCUT2D eigenvalue weighted by Crippen LogP contribution is 2.22. The molecule has 0 fully saturated rings. The van der Waals surface area contributed by atoms with Crippen LogP contribution >= 0.6 is 15.9 Å². The second-order valence-corrected chi connectivity index (χ2v) is 6.79. The Morgan fingerprint density at radius 3 is 2.27 bits per heavy atom. The maximum atomic E-state index is 13.1. The van der Waals surface area contributed by atoms with Gasteiger partial charge in [0.25, 0.3) is 5.91 Å². The molecular formula is C21H18BrFN2O. The first-order valence-electron chi connectivity index (χ1n) is 8.21. The molecule has 5 heteroatoms. The normalized spacial score (nSPS) is 11.7. The van der Waals surface area contributed by atoms with Crippen LogP contribution in [-0.4, -0.2) is 5.91 Å². The van der Waals surface area contributed by atoms with Crippen molar-refractivity contribution in [3.05, 3.63) is 94.2 Å². The zero-order valence-electron chi connectivity index (χ0n) is 14.2.